The molecule has 0 aliphatic rings. The second-order valence-corrected chi connectivity index (χ2v) is 3.12. The number of nitrogens with one attached hydrogen (secondary N) is 1. The summed E-state index contributed by atoms with van der Waals surface area (Å²) in [7, 11) is 1.49. The Morgan fingerprint density at radius 1 is 1.50 bits per heavy atom. The average molecular weight is 224 g/mol. The zero-order valence-electron chi connectivity index (χ0n) is 8.93. The Kier molecular flexibility index (Phi) is 3.82. The standard InChI is InChI=1S/C10H12N2O4/c1-6(10(14)15)12-9(13)8-4-3-7(16-2)5-11-8/h3-6H,1-2H3,(H,12,13)(H,14,15)/t6-/m0/s1. The van der Waals surface area contributed by atoms with Gasteiger partial charge in [-0.05, 0) is 19.1 Å². The number of carboxylic acids is 1. The number of carbonyl (C=O) groups is 2. The molecular formula is C10H12N2O4. The summed E-state index contributed by atoms with van der Waals surface area (Å²) in [5.41, 5.74) is 0.147. The van der Waals surface area contributed by atoms with Crippen LogP contribution in [0.1, 0.15) is 17.4 Å². The third-order valence-electron chi connectivity index (χ3n) is 1.92. The molecule has 0 aliphatic carbocycles. The lowest BCUT2D eigenvalue weighted by atomic mass is 10.3. The van der Waals surface area contributed by atoms with Crippen molar-refractivity contribution in [1.29, 1.82) is 0 Å². The highest BCUT2D eigenvalue weighted by Gasteiger charge is 2.15. The molecule has 1 heterocycles. The highest BCUT2D eigenvalue weighted by atomic mass is 16.5. The van der Waals surface area contributed by atoms with Crippen LogP contribution in [-0.4, -0.2) is 35.1 Å². The third kappa shape index (κ3) is 2.94. The zero-order valence-corrected chi connectivity index (χ0v) is 8.93. The number of aliphatic carboxylic acids is 1. The summed E-state index contributed by atoms with van der Waals surface area (Å²) < 4.78 is 4.88. The Morgan fingerprint density at radius 3 is 2.62 bits per heavy atom. The molecule has 0 aromatic carbocycles. The van der Waals surface area contributed by atoms with Gasteiger partial charge in [0.1, 0.15) is 17.5 Å². The van der Waals surface area contributed by atoms with Crippen molar-refractivity contribution >= 4 is 11.9 Å². The highest BCUT2D eigenvalue weighted by molar-refractivity contribution is 5.94. The fourth-order valence-corrected chi connectivity index (χ4v) is 0.968. The maximum Gasteiger partial charge on any atom is 0.325 e. The van der Waals surface area contributed by atoms with E-state index < -0.39 is 17.9 Å². The largest absolute Gasteiger partial charge is 0.495 e. The number of pyridine rings is 1. The summed E-state index contributed by atoms with van der Waals surface area (Å²) >= 11 is 0. The summed E-state index contributed by atoms with van der Waals surface area (Å²) in [6, 6.07) is 2.09. The van der Waals surface area contributed by atoms with E-state index in [1.807, 2.05) is 0 Å². The fraction of sp³-hybridized carbons (Fsp3) is 0.300. The molecule has 1 atom stereocenters. The van der Waals surface area contributed by atoms with Crippen molar-refractivity contribution in [3.63, 3.8) is 0 Å². The minimum Gasteiger partial charge on any atom is -0.495 e. The van der Waals surface area contributed by atoms with Crippen molar-refractivity contribution in [3.05, 3.63) is 24.0 Å². The van der Waals surface area contributed by atoms with E-state index in [4.69, 9.17) is 9.84 Å². The number of amides is 1. The minimum absolute atomic E-state index is 0.147. The van der Waals surface area contributed by atoms with Gasteiger partial charge in [-0.3, -0.25) is 9.59 Å². The van der Waals surface area contributed by atoms with Gasteiger partial charge < -0.3 is 15.2 Å². The van der Waals surface area contributed by atoms with Crippen LogP contribution in [0.5, 0.6) is 5.75 Å². The van der Waals surface area contributed by atoms with Crippen LogP contribution in [0.15, 0.2) is 18.3 Å². The smallest absolute Gasteiger partial charge is 0.325 e. The predicted octanol–water partition coefficient (Wildman–Crippen LogP) is 0.293. The molecule has 6 nitrogen and oxygen atoms in total. The van der Waals surface area contributed by atoms with E-state index in [1.165, 1.54) is 26.3 Å². The van der Waals surface area contributed by atoms with Gasteiger partial charge in [-0.1, -0.05) is 0 Å². The normalized spacial score (nSPS) is 11.6. The SMILES string of the molecule is COc1ccc(C(=O)N[C@@H](C)C(=O)O)nc1. The molecule has 1 rings (SSSR count). The van der Waals surface area contributed by atoms with Crippen LogP contribution in [0, 0.1) is 0 Å². The van der Waals surface area contributed by atoms with E-state index in [9.17, 15) is 9.59 Å². The number of aromatic nitrogens is 1. The van der Waals surface area contributed by atoms with Gasteiger partial charge in [0.05, 0.1) is 13.3 Å². The Morgan fingerprint density at radius 2 is 2.19 bits per heavy atom. The van der Waals surface area contributed by atoms with Crippen molar-refractivity contribution in [2.75, 3.05) is 7.11 Å². The number of rotatable bonds is 4. The van der Waals surface area contributed by atoms with Crippen LogP contribution in [-0.2, 0) is 4.79 Å². The molecule has 16 heavy (non-hydrogen) atoms. The molecule has 0 unspecified atom stereocenters. The van der Waals surface area contributed by atoms with Crippen LogP contribution in [0.3, 0.4) is 0 Å². The van der Waals surface area contributed by atoms with Gasteiger partial charge in [0, 0.05) is 0 Å². The molecule has 0 spiro atoms. The van der Waals surface area contributed by atoms with Crippen LogP contribution in [0.2, 0.25) is 0 Å². The molecule has 0 radical (unpaired) electrons. The van der Waals surface area contributed by atoms with E-state index >= 15 is 0 Å². The first-order chi connectivity index (χ1) is 7.54. The molecule has 1 amide bonds. The Bertz CT molecular complexity index is 388. The molecule has 1 aromatic rings. The van der Waals surface area contributed by atoms with Gasteiger partial charge >= 0.3 is 5.97 Å². The van der Waals surface area contributed by atoms with Crippen molar-refractivity contribution in [1.82, 2.24) is 10.3 Å². The number of nitrogens with zero attached hydrogens (tertiary/aromatic N) is 1. The van der Waals surface area contributed by atoms with E-state index in [0.717, 1.165) is 0 Å². The highest BCUT2D eigenvalue weighted by Crippen LogP contribution is 2.07. The number of ether oxygens (including phenoxy) is 1. The van der Waals surface area contributed by atoms with Crippen LogP contribution in [0.4, 0.5) is 0 Å². The molecule has 86 valence electrons. The third-order valence-corrected chi connectivity index (χ3v) is 1.92. The van der Waals surface area contributed by atoms with Gasteiger partial charge in [-0.2, -0.15) is 0 Å². The lowest BCUT2D eigenvalue weighted by Crippen LogP contribution is -2.38. The second kappa shape index (κ2) is 5.11. The average Bonchev–Trinajstić information content (AvgIpc) is 2.28. The lowest BCUT2D eigenvalue weighted by molar-refractivity contribution is -0.138. The molecule has 1 aromatic heterocycles. The summed E-state index contributed by atoms with van der Waals surface area (Å²) in [5, 5.41) is 10.9. The summed E-state index contributed by atoms with van der Waals surface area (Å²) in [6.07, 6.45) is 1.39. The summed E-state index contributed by atoms with van der Waals surface area (Å²) in [4.78, 5) is 25.8. The van der Waals surface area contributed by atoms with Crippen molar-refractivity contribution in [2.24, 2.45) is 0 Å². The van der Waals surface area contributed by atoms with E-state index in [-0.39, 0.29) is 5.69 Å². The molecule has 0 saturated heterocycles. The Balaban J connectivity index is 2.69. The summed E-state index contributed by atoms with van der Waals surface area (Å²) in [5.74, 6) is -1.10. The first kappa shape index (κ1) is 12.0. The number of hydrogen-bond acceptors (Lipinski definition) is 4. The molecule has 0 bridgehead atoms. The maximum absolute atomic E-state index is 11.5. The van der Waals surface area contributed by atoms with Gasteiger partial charge in [0.25, 0.3) is 5.91 Å². The number of methoxy groups -OCH3 is 1. The summed E-state index contributed by atoms with van der Waals surface area (Å²) in [6.45, 7) is 1.38. The number of hydrogen-bond donors (Lipinski definition) is 2. The monoisotopic (exact) mass is 224 g/mol. The Hall–Kier alpha value is -2.11. The topological polar surface area (TPSA) is 88.5 Å². The number of carbonyl (C=O) groups excluding carboxylic acids is 1. The van der Waals surface area contributed by atoms with Crippen LogP contribution in [0.25, 0.3) is 0 Å². The second-order valence-electron chi connectivity index (χ2n) is 3.12. The quantitative estimate of drug-likeness (QED) is 0.767. The van der Waals surface area contributed by atoms with Crippen LogP contribution >= 0.6 is 0 Å². The first-order valence-electron chi connectivity index (χ1n) is 4.58. The van der Waals surface area contributed by atoms with E-state index in [2.05, 4.69) is 10.3 Å². The molecule has 6 heteroatoms. The minimum atomic E-state index is -1.10. The molecule has 0 fully saturated rings. The van der Waals surface area contributed by atoms with Gasteiger partial charge in [-0.15, -0.1) is 0 Å². The predicted molar refractivity (Wildman–Crippen MR) is 55.4 cm³/mol. The molecule has 0 aliphatic heterocycles. The van der Waals surface area contributed by atoms with Crippen molar-refractivity contribution in [3.8, 4) is 5.75 Å². The van der Waals surface area contributed by atoms with E-state index in [0.29, 0.717) is 5.75 Å². The van der Waals surface area contributed by atoms with E-state index in [1.54, 1.807) is 6.07 Å². The lowest BCUT2D eigenvalue weighted by Gasteiger charge is -2.08. The number of carboxylic acid groups (broad SMARTS) is 1. The van der Waals surface area contributed by atoms with Gasteiger partial charge in [-0.25, -0.2) is 4.98 Å². The molecular weight excluding hydrogens is 212 g/mol. The van der Waals surface area contributed by atoms with Crippen molar-refractivity contribution < 1.29 is 19.4 Å². The van der Waals surface area contributed by atoms with Crippen LogP contribution < -0.4 is 10.1 Å². The van der Waals surface area contributed by atoms with Crippen molar-refractivity contribution in [2.45, 2.75) is 13.0 Å². The van der Waals surface area contributed by atoms with Gasteiger partial charge in [0.2, 0.25) is 0 Å². The molecule has 2 N–H and O–H groups in total. The fourth-order valence-electron chi connectivity index (χ4n) is 0.968. The van der Waals surface area contributed by atoms with Gasteiger partial charge in [0.15, 0.2) is 0 Å². The molecule has 0 saturated carbocycles. The maximum atomic E-state index is 11.5. The first-order valence-corrected chi connectivity index (χ1v) is 4.58. The zero-order chi connectivity index (χ0) is 12.1. The Labute approximate surface area is 92.3 Å².